The molecule has 3 saturated heterocycles. The summed E-state index contributed by atoms with van der Waals surface area (Å²) < 4.78 is 0. The van der Waals surface area contributed by atoms with Crippen LogP contribution >= 0.6 is 0 Å². The van der Waals surface area contributed by atoms with Gasteiger partial charge in [0.2, 0.25) is 0 Å². The van der Waals surface area contributed by atoms with Crippen LogP contribution in [-0.4, -0.2) is 50.3 Å². The SMILES string of the molecule is C1=CC(C2CCCC[N-]2)[N-]CC1.C1CCC(C2CCCC[N-]2)[N-]C1.[Cu+2].[NH2-]. The summed E-state index contributed by atoms with van der Waals surface area (Å²) in [6, 6.07) is 2.12. The Bertz CT molecular complexity index is 345. The van der Waals surface area contributed by atoms with E-state index in [0.29, 0.717) is 24.2 Å². The van der Waals surface area contributed by atoms with Crippen LogP contribution in [0.15, 0.2) is 12.2 Å². The predicted octanol–water partition coefficient (Wildman–Crippen LogP) is 6.17. The van der Waals surface area contributed by atoms with E-state index in [9.17, 15) is 0 Å². The zero-order valence-electron chi connectivity index (χ0n) is 16.0. The van der Waals surface area contributed by atoms with E-state index >= 15 is 0 Å². The van der Waals surface area contributed by atoms with Crippen molar-refractivity contribution in [1.82, 2.24) is 0 Å². The summed E-state index contributed by atoms with van der Waals surface area (Å²) in [6.45, 7) is 4.26. The zero-order chi connectivity index (χ0) is 16.5. The average molecular weight is 410 g/mol. The summed E-state index contributed by atoms with van der Waals surface area (Å²) >= 11 is 0. The third-order valence-corrected chi connectivity index (χ3v) is 5.62. The molecule has 0 aliphatic carbocycles. The minimum atomic E-state index is 0. The van der Waals surface area contributed by atoms with Crippen LogP contribution in [0.5, 0.6) is 0 Å². The van der Waals surface area contributed by atoms with Gasteiger partial charge < -0.3 is 27.4 Å². The standard InChI is InChI=1S/C10H18N2.C10H16N2.Cu.H2N/c2*1-3-7-11-9(5-1)10-6-2-4-8-12-10;;/h9-10H,1-8H2;1,5,9-10H,2-4,6-8H2;;1H2/q2*-2;+2;-1. The van der Waals surface area contributed by atoms with Crippen molar-refractivity contribution < 1.29 is 17.1 Å². The molecule has 0 saturated carbocycles. The van der Waals surface area contributed by atoms with Crippen LogP contribution in [-0.2, 0) is 17.1 Å². The maximum Gasteiger partial charge on any atom is 2.00 e. The van der Waals surface area contributed by atoms with Gasteiger partial charge in [-0.1, -0.05) is 70.3 Å². The van der Waals surface area contributed by atoms with Gasteiger partial charge in [-0.05, 0) is 0 Å². The van der Waals surface area contributed by atoms with Crippen LogP contribution in [0.3, 0.4) is 0 Å². The van der Waals surface area contributed by atoms with Gasteiger partial charge in [0, 0.05) is 0 Å². The monoisotopic (exact) mass is 409 g/mol. The van der Waals surface area contributed by atoms with E-state index in [4.69, 9.17) is 0 Å². The zero-order valence-corrected chi connectivity index (χ0v) is 17.0. The molecule has 4 rings (SSSR count). The number of rotatable bonds is 2. The molecule has 2 N–H and O–H groups in total. The quantitative estimate of drug-likeness (QED) is 0.385. The Labute approximate surface area is 171 Å². The molecule has 0 spiro atoms. The first-order valence-electron chi connectivity index (χ1n) is 10.3. The Hall–Kier alpha value is 0.0595. The summed E-state index contributed by atoms with van der Waals surface area (Å²) in [5.74, 6) is 0. The maximum absolute atomic E-state index is 4.66. The Morgan fingerprint density at radius 2 is 1.08 bits per heavy atom. The molecule has 155 valence electrons. The first-order chi connectivity index (χ1) is 11.9. The fourth-order valence-corrected chi connectivity index (χ4v) is 4.19. The number of nitrogens with two attached hydrogens (primary N) is 1. The van der Waals surface area contributed by atoms with E-state index in [1.54, 1.807) is 0 Å². The van der Waals surface area contributed by atoms with Crippen molar-refractivity contribution in [2.24, 2.45) is 0 Å². The molecule has 4 unspecified atom stereocenters. The number of nitrogens with zero attached hydrogens (tertiary/aromatic N) is 4. The molecule has 5 nitrogen and oxygen atoms in total. The van der Waals surface area contributed by atoms with E-state index in [-0.39, 0.29) is 23.2 Å². The molecule has 4 heterocycles. The maximum atomic E-state index is 4.66. The van der Waals surface area contributed by atoms with Crippen molar-refractivity contribution >= 4 is 0 Å². The van der Waals surface area contributed by atoms with Crippen molar-refractivity contribution in [1.29, 1.82) is 0 Å². The molecule has 0 aromatic heterocycles. The molecule has 4 aliphatic rings. The third kappa shape index (κ3) is 7.97. The van der Waals surface area contributed by atoms with Crippen LogP contribution in [0.1, 0.15) is 64.2 Å². The van der Waals surface area contributed by atoms with Crippen LogP contribution in [0, 0.1) is 0 Å². The average Bonchev–Trinajstić information content (AvgIpc) is 2.71. The predicted molar refractivity (Wildman–Crippen MR) is 109 cm³/mol. The molecule has 4 atom stereocenters. The second kappa shape index (κ2) is 14.1. The van der Waals surface area contributed by atoms with Gasteiger partial charge in [-0.25, -0.2) is 0 Å². The van der Waals surface area contributed by atoms with Gasteiger partial charge in [0.15, 0.2) is 0 Å². The Morgan fingerprint density at radius 1 is 0.577 bits per heavy atom. The van der Waals surface area contributed by atoms with Crippen LogP contribution in [0.4, 0.5) is 0 Å². The molecular weight excluding hydrogens is 374 g/mol. The summed E-state index contributed by atoms with van der Waals surface area (Å²) in [7, 11) is 0. The van der Waals surface area contributed by atoms with Gasteiger partial charge in [-0.3, -0.25) is 0 Å². The molecular formula is C20H36CuN5-3. The van der Waals surface area contributed by atoms with Gasteiger partial charge in [0.1, 0.15) is 0 Å². The van der Waals surface area contributed by atoms with Crippen molar-refractivity contribution in [3.63, 3.8) is 0 Å². The summed E-state index contributed by atoms with van der Waals surface area (Å²) in [4.78, 5) is 0. The van der Waals surface area contributed by atoms with Crippen LogP contribution < -0.4 is 0 Å². The number of piperidine rings is 3. The van der Waals surface area contributed by atoms with E-state index in [1.165, 1.54) is 57.8 Å². The minimum Gasteiger partial charge on any atom is -0.693 e. The topological polar surface area (TPSA) is 89.9 Å². The molecule has 4 aliphatic heterocycles. The van der Waals surface area contributed by atoms with Crippen molar-refractivity contribution in [3.05, 3.63) is 39.6 Å². The molecule has 0 aromatic carbocycles. The first kappa shape index (κ1) is 24.1. The van der Waals surface area contributed by atoms with E-state index < -0.39 is 0 Å². The second-order valence-electron chi connectivity index (χ2n) is 7.52. The van der Waals surface area contributed by atoms with E-state index in [2.05, 4.69) is 33.4 Å². The summed E-state index contributed by atoms with van der Waals surface area (Å²) in [6.07, 6.45) is 17.5. The van der Waals surface area contributed by atoms with E-state index in [1.807, 2.05) is 0 Å². The van der Waals surface area contributed by atoms with Crippen molar-refractivity contribution in [2.75, 3.05) is 26.2 Å². The number of hydrogen-bond donors (Lipinski definition) is 0. The Balaban J connectivity index is 0.000000241. The normalized spacial score (nSPS) is 34.5. The minimum absolute atomic E-state index is 0. The van der Waals surface area contributed by atoms with Gasteiger partial charge in [-0.2, -0.15) is 12.1 Å². The molecule has 6 heteroatoms. The fraction of sp³-hybridized carbons (Fsp3) is 0.900. The van der Waals surface area contributed by atoms with Crippen LogP contribution in [0.2, 0.25) is 0 Å². The largest absolute Gasteiger partial charge is 2.00 e. The van der Waals surface area contributed by atoms with Crippen molar-refractivity contribution in [2.45, 2.75) is 88.4 Å². The molecule has 26 heavy (non-hydrogen) atoms. The smallest absolute Gasteiger partial charge is 0.693 e. The Morgan fingerprint density at radius 3 is 1.46 bits per heavy atom. The molecule has 3 fully saturated rings. The Kier molecular flexibility index (Phi) is 13.1. The summed E-state index contributed by atoms with van der Waals surface area (Å²) in [5.41, 5.74) is 0. The third-order valence-electron chi connectivity index (χ3n) is 5.62. The van der Waals surface area contributed by atoms with E-state index in [0.717, 1.165) is 32.6 Å². The molecule has 1 radical (unpaired) electrons. The summed E-state index contributed by atoms with van der Waals surface area (Å²) in [5, 5.41) is 18.5. The first-order valence-corrected chi connectivity index (χ1v) is 10.3. The van der Waals surface area contributed by atoms with Gasteiger partial charge in [0.25, 0.3) is 0 Å². The van der Waals surface area contributed by atoms with Gasteiger partial charge in [-0.15, -0.1) is 44.3 Å². The second-order valence-corrected chi connectivity index (χ2v) is 7.52. The molecule has 0 bridgehead atoms. The van der Waals surface area contributed by atoms with Crippen molar-refractivity contribution in [3.8, 4) is 0 Å². The number of hydrogen-bond acceptors (Lipinski definition) is 0. The molecule has 0 aromatic rings. The fourth-order valence-electron chi connectivity index (χ4n) is 4.19. The van der Waals surface area contributed by atoms with Crippen LogP contribution in [0.25, 0.3) is 27.4 Å². The molecule has 0 amide bonds. The van der Waals surface area contributed by atoms with Gasteiger partial charge >= 0.3 is 17.1 Å². The van der Waals surface area contributed by atoms with Gasteiger partial charge in [0.05, 0.1) is 0 Å².